The molecule has 0 spiro atoms. The van der Waals surface area contributed by atoms with E-state index in [1.54, 1.807) is 6.26 Å². The molecular formula is C18H24N2O. The van der Waals surface area contributed by atoms with Gasteiger partial charge < -0.3 is 10.2 Å². The third-order valence-corrected chi connectivity index (χ3v) is 4.49. The van der Waals surface area contributed by atoms with Crippen LogP contribution in [0.25, 0.3) is 0 Å². The number of nitrogens with zero attached hydrogens (tertiary/aromatic N) is 1. The first-order chi connectivity index (χ1) is 10.3. The van der Waals surface area contributed by atoms with Gasteiger partial charge in [0.15, 0.2) is 0 Å². The fourth-order valence-corrected chi connectivity index (χ4v) is 3.31. The summed E-state index contributed by atoms with van der Waals surface area (Å²) < 4.78 is 5.68. The summed E-state index contributed by atoms with van der Waals surface area (Å²) in [5, 5.41) is 0. The molecule has 2 N–H and O–H groups in total. The van der Waals surface area contributed by atoms with Crippen LogP contribution >= 0.6 is 0 Å². The molecule has 2 heterocycles. The standard InChI is InChI=1S/C18H24N2O/c1-2-16(19)18(17-10-6-12-21-17)20-11-5-9-14-7-3-4-8-15(14)13-20/h3-4,6-8,10,12,16,18H,2,5,9,11,13,19H2,1H3. The predicted molar refractivity (Wildman–Crippen MR) is 84.9 cm³/mol. The molecule has 21 heavy (non-hydrogen) atoms. The van der Waals surface area contributed by atoms with Crippen molar-refractivity contribution in [2.45, 2.75) is 44.8 Å². The molecule has 1 aliphatic rings. The van der Waals surface area contributed by atoms with E-state index in [2.05, 4.69) is 42.2 Å². The van der Waals surface area contributed by atoms with Crippen LogP contribution in [0.1, 0.15) is 42.7 Å². The van der Waals surface area contributed by atoms with Crippen LogP contribution in [-0.4, -0.2) is 17.5 Å². The van der Waals surface area contributed by atoms with Crippen LogP contribution in [0.2, 0.25) is 0 Å². The Bertz CT molecular complexity index is 564. The van der Waals surface area contributed by atoms with Gasteiger partial charge in [-0.05, 0) is 49.1 Å². The summed E-state index contributed by atoms with van der Waals surface area (Å²) in [5.74, 6) is 0.990. The minimum Gasteiger partial charge on any atom is -0.468 e. The summed E-state index contributed by atoms with van der Waals surface area (Å²) in [7, 11) is 0. The molecular weight excluding hydrogens is 260 g/mol. The van der Waals surface area contributed by atoms with Crippen LogP contribution < -0.4 is 5.73 Å². The molecule has 0 radical (unpaired) electrons. The highest BCUT2D eigenvalue weighted by Crippen LogP contribution is 2.30. The van der Waals surface area contributed by atoms with E-state index in [1.165, 1.54) is 17.5 Å². The highest BCUT2D eigenvalue weighted by molar-refractivity contribution is 5.28. The second kappa shape index (κ2) is 6.46. The highest BCUT2D eigenvalue weighted by Gasteiger charge is 2.29. The zero-order valence-corrected chi connectivity index (χ0v) is 12.7. The van der Waals surface area contributed by atoms with Gasteiger partial charge in [-0.25, -0.2) is 0 Å². The SMILES string of the molecule is CCC(N)C(c1ccco1)N1CCCc2ccccc2C1. The number of benzene rings is 1. The number of hydrogen-bond donors (Lipinski definition) is 1. The molecule has 2 atom stereocenters. The Balaban J connectivity index is 1.89. The Hall–Kier alpha value is -1.58. The Morgan fingerprint density at radius 2 is 2.00 bits per heavy atom. The van der Waals surface area contributed by atoms with Crippen LogP contribution in [0.4, 0.5) is 0 Å². The van der Waals surface area contributed by atoms with E-state index in [9.17, 15) is 0 Å². The number of aryl methyl sites for hydroxylation is 1. The smallest absolute Gasteiger partial charge is 0.122 e. The average Bonchev–Trinajstić information content (AvgIpc) is 2.94. The van der Waals surface area contributed by atoms with Gasteiger partial charge in [0.2, 0.25) is 0 Å². The van der Waals surface area contributed by atoms with Gasteiger partial charge in [0.05, 0.1) is 12.3 Å². The zero-order valence-electron chi connectivity index (χ0n) is 12.7. The highest BCUT2D eigenvalue weighted by atomic mass is 16.3. The molecule has 1 aliphatic heterocycles. The first-order valence-electron chi connectivity index (χ1n) is 7.89. The van der Waals surface area contributed by atoms with Crippen molar-refractivity contribution >= 4 is 0 Å². The summed E-state index contributed by atoms with van der Waals surface area (Å²) in [6.07, 6.45) is 5.02. The minimum atomic E-state index is 0.0985. The van der Waals surface area contributed by atoms with Crippen molar-refractivity contribution in [3.63, 3.8) is 0 Å². The molecule has 2 unspecified atom stereocenters. The van der Waals surface area contributed by atoms with Crippen molar-refractivity contribution in [2.24, 2.45) is 5.73 Å². The topological polar surface area (TPSA) is 42.4 Å². The van der Waals surface area contributed by atoms with Crippen molar-refractivity contribution in [3.8, 4) is 0 Å². The summed E-state index contributed by atoms with van der Waals surface area (Å²) >= 11 is 0. The lowest BCUT2D eigenvalue weighted by molar-refractivity contribution is 0.142. The summed E-state index contributed by atoms with van der Waals surface area (Å²) in [6, 6.07) is 13.0. The average molecular weight is 284 g/mol. The second-order valence-electron chi connectivity index (χ2n) is 5.88. The molecule has 0 saturated heterocycles. The Labute approximate surface area is 126 Å². The predicted octanol–water partition coefficient (Wildman–Crippen LogP) is 3.51. The van der Waals surface area contributed by atoms with Crippen molar-refractivity contribution in [1.29, 1.82) is 0 Å². The Morgan fingerprint density at radius 3 is 2.71 bits per heavy atom. The summed E-state index contributed by atoms with van der Waals surface area (Å²) in [6.45, 7) is 4.16. The van der Waals surface area contributed by atoms with Gasteiger partial charge in [0, 0.05) is 12.6 Å². The molecule has 1 aromatic carbocycles. The number of nitrogens with two attached hydrogens (primary N) is 1. The van der Waals surface area contributed by atoms with Gasteiger partial charge in [0.25, 0.3) is 0 Å². The van der Waals surface area contributed by atoms with Gasteiger partial charge in [0.1, 0.15) is 5.76 Å². The van der Waals surface area contributed by atoms with Crippen LogP contribution in [0.5, 0.6) is 0 Å². The maximum Gasteiger partial charge on any atom is 0.122 e. The van der Waals surface area contributed by atoms with E-state index in [0.29, 0.717) is 0 Å². The lowest BCUT2D eigenvalue weighted by Crippen LogP contribution is -2.40. The van der Waals surface area contributed by atoms with Crippen molar-refractivity contribution in [3.05, 3.63) is 59.5 Å². The van der Waals surface area contributed by atoms with Crippen LogP contribution in [0.15, 0.2) is 47.1 Å². The molecule has 0 saturated carbocycles. The zero-order chi connectivity index (χ0) is 14.7. The Kier molecular flexibility index (Phi) is 4.42. The van der Waals surface area contributed by atoms with Crippen LogP contribution in [-0.2, 0) is 13.0 Å². The Morgan fingerprint density at radius 1 is 1.19 bits per heavy atom. The minimum absolute atomic E-state index is 0.0985. The van der Waals surface area contributed by atoms with Gasteiger partial charge in [-0.1, -0.05) is 31.2 Å². The first kappa shape index (κ1) is 14.4. The second-order valence-corrected chi connectivity index (χ2v) is 5.88. The van der Waals surface area contributed by atoms with Crippen LogP contribution in [0, 0.1) is 0 Å². The van der Waals surface area contributed by atoms with Gasteiger partial charge in [-0.2, -0.15) is 0 Å². The van der Waals surface area contributed by atoms with E-state index in [4.69, 9.17) is 10.2 Å². The molecule has 3 nitrogen and oxygen atoms in total. The van der Waals surface area contributed by atoms with Crippen molar-refractivity contribution in [2.75, 3.05) is 6.54 Å². The van der Waals surface area contributed by atoms with E-state index < -0.39 is 0 Å². The molecule has 112 valence electrons. The quantitative estimate of drug-likeness (QED) is 0.934. The molecule has 0 amide bonds. The monoisotopic (exact) mass is 284 g/mol. The summed E-state index contributed by atoms with van der Waals surface area (Å²) in [4.78, 5) is 2.48. The lowest BCUT2D eigenvalue weighted by Gasteiger charge is -2.33. The number of fused-ring (bicyclic) bond motifs is 1. The fourth-order valence-electron chi connectivity index (χ4n) is 3.31. The van der Waals surface area contributed by atoms with Crippen LogP contribution in [0.3, 0.4) is 0 Å². The van der Waals surface area contributed by atoms with E-state index in [0.717, 1.165) is 31.7 Å². The van der Waals surface area contributed by atoms with E-state index in [1.807, 2.05) is 6.07 Å². The van der Waals surface area contributed by atoms with E-state index >= 15 is 0 Å². The third kappa shape index (κ3) is 3.04. The molecule has 3 rings (SSSR count). The third-order valence-electron chi connectivity index (χ3n) is 4.49. The normalized spacial score (nSPS) is 18.8. The fraction of sp³-hybridized carbons (Fsp3) is 0.444. The van der Waals surface area contributed by atoms with Gasteiger partial charge in [-0.15, -0.1) is 0 Å². The molecule has 3 heteroatoms. The lowest BCUT2D eigenvalue weighted by atomic mass is 10.0. The molecule has 2 aromatic rings. The largest absolute Gasteiger partial charge is 0.468 e. The number of rotatable bonds is 4. The van der Waals surface area contributed by atoms with Gasteiger partial charge in [-0.3, -0.25) is 4.90 Å². The van der Waals surface area contributed by atoms with Crippen molar-refractivity contribution < 1.29 is 4.42 Å². The molecule has 0 bridgehead atoms. The number of hydrogen-bond acceptors (Lipinski definition) is 3. The number of furan rings is 1. The first-order valence-corrected chi connectivity index (χ1v) is 7.89. The maximum absolute atomic E-state index is 6.41. The van der Waals surface area contributed by atoms with Gasteiger partial charge >= 0.3 is 0 Å². The molecule has 0 fully saturated rings. The van der Waals surface area contributed by atoms with Crippen molar-refractivity contribution in [1.82, 2.24) is 4.90 Å². The maximum atomic E-state index is 6.41. The summed E-state index contributed by atoms with van der Waals surface area (Å²) in [5.41, 5.74) is 9.31. The van der Waals surface area contributed by atoms with E-state index in [-0.39, 0.29) is 12.1 Å². The molecule has 0 aliphatic carbocycles. The molecule has 1 aromatic heterocycles.